The number of anilines is 1. The molecular weight excluding hydrogens is 257 g/mol. The highest BCUT2D eigenvalue weighted by Gasteiger charge is 2.26. The van der Waals surface area contributed by atoms with Gasteiger partial charge in [0, 0.05) is 30.8 Å². The second-order valence-electron chi connectivity index (χ2n) is 4.52. The molecule has 1 aromatic rings. The zero-order chi connectivity index (χ0) is 13.9. The molecule has 0 saturated carbocycles. The Kier molecular flexibility index (Phi) is 3.97. The molecule has 1 aliphatic rings. The molecule has 0 radical (unpaired) electrons. The number of carbonyl (C=O) groups excluding carboxylic acids is 1. The van der Waals surface area contributed by atoms with Crippen LogP contribution in [0.1, 0.15) is 28.8 Å². The molecule has 1 heterocycles. The molecule has 0 atom stereocenters. The smallest absolute Gasteiger partial charge is 0.384 e. The van der Waals surface area contributed by atoms with Crippen LogP contribution in [0.25, 0.3) is 0 Å². The van der Waals surface area contributed by atoms with E-state index in [2.05, 4.69) is 10.6 Å². The van der Waals surface area contributed by atoms with E-state index >= 15 is 0 Å². The third-order valence-electron chi connectivity index (χ3n) is 3.00. The monoisotopic (exact) mass is 272 g/mol. The van der Waals surface area contributed by atoms with Gasteiger partial charge in [-0.1, -0.05) is 0 Å². The highest BCUT2D eigenvalue weighted by Crippen LogP contribution is 2.23. The quantitative estimate of drug-likeness (QED) is 0.827. The Labute approximate surface area is 109 Å². The average molecular weight is 272 g/mol. The lowest BCUT2D eigenvalue weighted by atomic mass is 10.1. The molecule has 0 fully saturated rings. The van der Waals surface area contributed by atoms with E-state index in [4.69, 9.17) is 0 Å². The maximum absolute atomic E-state index is 11.9. The number of hydrogen-bond acceptors (Lipinski definition) is 2. The van der Waals surface area contributed by atoms with Crippen LogP contribution >= 0.6 is 0 Å². The Morgan fingerprint density at radius 2 is 2.16 bits per heavy atom. The molecule has 1 aromatic carbocycles. The lowest BCUT2D eigenvalue weighted by Crippen LogP contribution is -2.25. The van der Waals surface area contributed by atoms with Crippen LogP contribution in [-0.4, -0.2) is 25.2 Å². The van der Waals surface area contributed by atoms with Gasteiger partial charge >= 0.3 is 6.18 Å². The number of alkyl halides is 3. The summed E-state index contributed by atoms with van der Waals surface area (Å²) in [5.74, 6) is -0.322. The third kappa shape index (κ3) is 3.87. The highest BCUT2D eigenvalue weighted by molar-refractivity contribution is 5.95. The van der Waals surface area contributed by atoms with Crippen LogP contribution in [0, 0.1) is 0 Å². The van der Waals surface area contributed by atoms with Crippen molar-refractivity contribution < 1.29 is 18.0 Å². The van der Waals surface area contributed by atoms with Gasteiger partial charge in [0.25, 0.3) is 5.91 Å². The predicted molar refractivity (Wildman–Crippen MR) is 66.3 cm³/mol. The first-order valence-electron chi connectivity index (χ1n) is 6.17. The molecule has 3 nitrogen and oxygen atoms in total. The summed E-state index contributed by atoms with van der Waals surface area (Å²) in [4.78, 5) is 11.8. The minimum Gasteiger partial charge on any atom is -0.384 e. The van der Waals surface area contributed by atoms with E-state index in [1.807, 2.05) is 6.07 Å². The number of nitrogens with one attached hydrogen (secondary N) is 2. The van der Waals surface area contributed by atoms with Crippen LogP contribution in [0.2, 0.25) is 0 Å². The molecule has 0 spiro atoms. The molecule has 0 aliphatic carbocycles. The van der Waals surface area contributed by atoms with Crippen LogP contribution < -0.4 is 10.6 Å². The Morgan fingerprint density at radius 1 is 1.37 bits per heavy atom. The first-order valence-corrected chi connectivity index (χ1v) is 6.17. The number of halogens is 3. The Balaban J connectivity index is 1.83. The lowest BCUT2D eigenvalue weighted by Gasteiger charge is -2.08. The van der Waals surface area contributed by atoms with Crippen molar-refractivity contribution in [3.8, 4) is 0 Å². The van der Waals surface area contributed by atoms with Crippen LogP contribution in [0.15, 0.2) is 18.2 Å². The minimum absolute atomic E-state index is 0.0354. The van der Waals surface area contributed by atoms with Gasteiger partial charge in [0.05, 0.1) is 0 Å². The second-order valence-corrected chi connectivity index (χ2v) is 4.52. The summed E-state index contributed by atoms with van der Waals surface area (Å²) in [7, 11) is 0. The Hall–Kier alpha value is -1.72. The van der Waals surface area contributed by atoms with E-state index in [0.29, 0.717) is 5.56 Å². The van der Waals surface area contributed by atoms with Gasteiger partial charge in [0.15, 0.2) is 0 Å². The largest absolute Gasteiger partial charge is 0.389 e. The molecule has 0 saturated heterocycles. The lowest BCUT2D eigenvalue weighted by molar-refractivity contribution is -0.135. The minimum atomic E-state index is -4.16. The number of fused-ring (bicyclic) bond motifs is 1. The van der Waals surface area contributed by atoms with Gasteiger partial charge in [-0.15, -0.1) is 0 Å². The first-order chi connectivity index (χ1) is 8.96. The van der Waals surface area contributed by atoms with Gasteiger partial charge in [0.2, 0.25) is 0 Å². The second kappa shape index (κ2) is 5.50. The number of rotatable bonds is 4. The van der Waals surface area contributed by atoms with Crippen LogP contribution in [0.5, 0.6) is 0 Å². The normalized spacial score (nSPS) is 13.8. The number of hydrogen-bond donors (Lipinski definition) is 2. The summed E-state index contributed by atoms with van der Waals surface area (Å²) in [6.45, 7) is 0.889. The zero-order valence-electron chi connectivity index (χ0n) is 10.3. The molecule has 6 heteroatoms. The maximum atomic E-state index is 11.9. The molecule has 104 valence electrons. The van der Waals surface area contributed by atoms with Gasteiger partial charge in [-0.25, -0.2) is 0 Å². The average Bonchev–Trinajstić information content (AvgIpc) is 2.80. The summed E-state index contributed by atoms with van der Waals surface area (Å²) in [6.07, 6.45) is -4.27. The molecule has 0 unspecified atom stereocenters. The van der Waals surface area contributed by atoms with Gasteiger partial charge in [0.1, 0.15) is 0 Å². The van der Waals surface area contributed by atoms with Crippen molar-refractivity contribution in [3.63, 3.8) is 0 Å². The van der Waals surface area contributed by atoms with E-state index < -0.39 is 12.6 Å². The molecule has 1 aliphatic heterocycles. The molecule has 1 amide bonds. The molecule has 0 aromatic heterocycles. The van der Waals surface area contributed by atoms with Crippen molar-refractivity contribution in [3.05, 3.63) is 29.3 Å². The standard InChI is InChI=1S/C13H15F3N2O/c14-13(15,16)5-1-6-18-12(19)10-2-3-11-9(8-10)4-7-17-11/h2-3,8,17H,1,4-7H2,(H,18,19). The van der Waals surface area contributed by atoms with Crippen molar-refractivity contribution >= 4 is 11.6 Å². The third-order valence-corrected chi connectivity index (χ3v) is 3.00. The fraction of sp³-hybridized carbons (Fsp3) is 0.462. The first kappa shape index (κ1) is 13.7. The molecular formula is C13H15F3N2O. The summed E-state index contributed by atoms with van der Waals surface area (Å²) in [5.41, 5.74) is 2.59. The highest BCUT2D eigenvalue weighted by atomic mass is 19.4. The number of carbonyl (C=O) groups is 1. The van der Waals surface area contributed by atoms with E-state index in [-0.39, 0.29) is 18.9 Å². The van der Waals surface area contributed by atoms with Gasteiger partial charge in [-0.05, 0) is 36.6 Å². The summed E-state index contributed by atoms with van der Waals surface area (Å²) in [6, 6.07) is 5.29. The van der Waals surface area contributed by atoms with E-state index in [0.717, 1.165) is 24.2 Å². The van der Waals surface area contributed by atoms with Crippen molar-refractivity contribution in [2.75, 3.05) is 18.4 Å². The Morgan fingerprint density at radius 3 is 2.89 bits per heavy atom. The summed E-state index contributed by atoms with van der Waals surface area (Å²) >= 11 is 0. The van der Waals surface area contributed by atoms with E-state index in [9.17, 15) is 18.0 Å². The summed E-state index contributed by atoms with van der Waals surface area (Å²) in [5, 5.41) is 5.68. The van der Waals surface area contributed by atoms with E-state index in [1.54, 1.807) is 12.1 Å². The molecule has 0 bridgehead atoms. The Bertz CT molecular complexity index is 471. The maximum Gasteiger partial charge on any atom is 0.389 e. The van der Waals surface area contributed by atoms with Crippen molar-refractivity contribution in [1.82, 2.24) is 5.32 Å². The van der Waals surface area contributed by atoms with Crippen LogP contribution in [-0.2, 0) is 6.42 Å². The fourth-order valence-electron chi connectivity index (χ4n) is 2.04. The number of amides is 1. The fourth-order valence-corrected chi connectivity index (χ4v) is 2.04. The van der Waals surface area contributed by atoms with Gasteiger partial charge in [-0.2, -0.15) is 13.2 Å². The molecule has 19 heavy (non-hydrogen) atoms. The van der Waals surface area contributed by atoms with Gasteiger partial charge < -0.3 is 10.6 Å². The summed E-state index contributed by atoms with van der Waals surface area (Å²) < 4.78 is 35.8. The predicted octanol–water partition coefficient (Wildman–Crippen LogP) is 2.73. The molecule has 2 rings (SSSR count). The van der Waals surface area contributed by atoms with Crippen LogP contribution in [0.3, 0.4) is 0 Å². The van der Waals surface area contributed by atoms with Gasteiger partial charge in [-0.3, -0.25) is 4.79 Å². The zero-order valence-corrected chi connectivity index (χ0v) is 10.3. The SMILES string of the molecule is O=C(NCCCC(F)(F)F)c1ccc2c(c1)CCN2. The van der Waals surface area contributed by atoms with Crippen molar-refractivity contribution in [2.45, 2.75) is 25.4 Å². The topological polar surface area (TPSA) is 41.1 Å². The van der Waals surface area contributed by atoms with E-state index in [1.165, 1.54) is 0 Å². The molecule has 2 N–H and O–H groups in total. The van der Waals surface area contributed by atoms with Crippen molar-refractivity contribution in [2.24, 2.45) is 0 Å². The number of benzene rings is 1. The van der Waals surface area contributed by atoms with Crippen LogP contribution in [0.4, 0.5) is 18.9 Å². The van der Waals surface area contributed by atoms with Crippen molar-refractivity contribution in [1.29, 1.82) is 0 Å².